The Morgan fingerprint density at radius 3 is 2.80 bits per heavy atom. The maximum atomic E-state index is 10.8. The first-order chi connectivity index (χ1) is 7.03. The summed E-state index contributed by atoms with van der Waals surface area (Å²) in [6, 6.07) is 0.252. The number of ether oxygens (including phenoxy) is 2. The van der Waals surface area contributed by atoms with E-state index >= 15 is 0 Å². The van der Waals surface area contributed by atoms with Crippen molar-refractivity contribution in [2.45, 2.75) is 50.7 Å². The minimum Gasteiger partial charge on any atom is -0.349 e. The van der Waals surface area contributed by atoms with E-state index in [-0.39, 0.29) is 18.2 Å². The minimum atomic E-state index is -0.476. The first-order valence-corrected chi connectivity index (χ1v) is 5.52. The topological polar surface area (TPSA) is 38.8 Å². The van der Waals surface area contributed by atoms with Crippen molar-refractivity contribution < 1.29 is 14.3 Å². The van der Waals surface area contributed by atoms with Crippen LogP contribution in [0, 0.1) is 0 Å². The second kappa shape index (κ2) is 3.85. The van der Waals surface area contributed by atoms with Crippen molar-refractivity contribution in [3.8, 4) is 0 Å². The molecule has 2 rings (SSSR count). The van der Waals surface area contributed by atoms with Crippen LogP contribution in [0.15, 0.2) is 0 Å². The van der Waals surface area contributed by atoms with E-state index in [2.05, 4.69) is 4.90 Å². The summed E-state index contributed by atoms with van der Waals surface area (Å²) in [4.78, 5) is 12.9. The smallest absolute Gasteiger partial charge is 0.163 e. The second-order valence-corrected chi connectivity index (χ2v) is 4.88. The van der Waals surface area contributed by atoms with Crippen LogP contribution in [-0.2, 0) is 14.3 Å². The third kappa shape index (κ3) is 2.07. The van der Waals surface area contributed by atoms with Gasteiger partial charge in [0.2, 0.25) is 0 Å². The summed E-state index contributed by atoms with van der Waals surface area (Å²) in [7, 11) is 1.97. The molecular formula is C11H19NO3. The fraction of sp³-hybridized carbons (Fsp3) is 0.909. The Balaban J connectivity index is 2.07. The quantitative estimate of drug-likeness (QED) is 0.604. The predicted molar refractivity (Wildman–Crippen MR) is 55.5 cm³/mol. The summed E-state index contributed by atoms with van der Waals surface area (Å²) in [6.07, 6.45) is 3.06. The lowest BCUT2D eigenvalue weighted by Crippen LogP contribution is -2.60. The molecule has 4 nitrogen and oxygen atoms in total. The number of nitrogens with zero attached hydrogens (tertiary/aromatic N) is 1. The minimum absolute atomic E-state index is 0.0275. The summed E-state index contributed by atoms with van der Waals surface area (Å²) < 4.78 is 11.5. The van der Waals surface area contributed by atoms with Gasteiger partial charge in [-0.1, -0.05) is 0 Å². The summed E-state index contributed by atoms with van der Waals surface area (Å²) >= 11 is 0. The number of carbonyl (C=O) groups is 1. The average molecular weight is 213 g/mol. The summed E-state index contributed by atoms with van der Waals surface area (Å²) in [5.74, 6) is -0.476. The fourth-order valence-electron chi connectivity index (χ4n) is 2.45. The molecule has 2 aliphatic heterocycles. The van der Waals surface area contributed by atoms with E-state index in [4.69, 9.17) is 9.47 Å². The Morgan fingerprint density at radius 1 is 1.40 bits per heavy atom. The lowest BCUT2D eigenvalue weighted by molar-refractivity contribution is -0.301. The van der Waals surface area contributed by atoms with Crippen molar-refractivity contribution in [3.05, 3.63) is 0 Å². The summed E-state index contributed by atoms with van der Waals surface area (Å²) in [5.41, 5.74) is 0. The lowest BCUT2D eigenvalue weighted by Gasteiger charge is -2.49. The number of piperidine rings is 1. The highest BCUT2D eigenvalue weighted by molar-refractivity contribution is 5.57. The van der Waals surface area contributed by atoms with E-state index < -0.39 is 5.79 Å². The molecule has 0 aromatic carbocycles. The molecule has 0 aromatic heterocycles. The van der Waals surface area contributed by atoms with Gasteiger partial charge in [-0.3, -0.25) is 4.90 Å². The van der Waals surface area contributed by atoms with E-state index in [0.717, 1.165) is 19.1 Å². The molecule has 0 spiro atoms. The van der Waals surface area contributed by atoms with Gasteiger partial charge in [-0.15, -0.1) is 0 Å². The van der Waals surface area contributed by atoms with Gasteiger partial charge in [-0.2, -0.15) is 0 Å². The van der Waals surface area contributed by atoms with Gasteiger partial charge < -0.3 is 14.3 Å². The molecule has 2 heterocycles. The van der Waals surface area contributed by atoms with Crippen LogP contribution >= 0.6 is 0 Å². The molecule has 0 bridgehead atoms. The molecule has 2 fully saturated rings. The Hall–Kier alpha value is -0.450. The Labute approximate surface area is 90.5 Å². The first kappa shape index (κ1) is 11.0. The summed E-state index contributed by atoms with van der Waals surface area (Å²) in [5, 5.41) is 0. The fourth-order valence-corrected chi connectivity index (χ4v) is 2.45. The van der Waals surface area contributed by atoms with E-state index in [1.165, 1.54) is 0 Å². The third-order valence-electron chi connectivity index (χ3n) is 3.42. The van der Waals surface area contributed by atoms with E-state index in [9.17, 15) is 4.79 Å². The van der Waals surface area contributed by atoms with Gasteiger partial charge in [0.05, 0.1) is 24.8 Å². The number of aldehydes is 1. The van der Waals surface area contributed by atoms with Gasteiger partial charge in [0.1, 0.15) is 6.29 Å². The number of rotatable bonds is 1. The maximum absolute atomic E-state index is 10.8. The predicted octanol–water partition coefficient (Wildman–Crippen LogP) is 0.800. The molecule has 15 heavy (non-hydrogen) atoms. The van der Waals surface area contributed by atoms with Crippen LogP contribution in [0.1, 0.15) is 26.7 Å². The van der Waals surface area contributed by atoms with Crippen LogP contribution in [0.4, 0.5) is 0 Å². The average Bonchev–Trinajstić information content (AvgIpc) is 2.16. The Bertz CT molecular complexity index is 254. The molecule has 2 aliphatic rings. The molecule has 0 N–H and O–H groups in total. The largest absolute Gasteiger partial charge is 0.349 e. The molecule has 0 aromatic rings. The van der Waals surface area contributed by atoms with Gasteiger partial charge in [-0.05, 0) is 33.7 Å². The number of likely N-dealkylation sites (N-methyl/N-ethyl adjacent to an activating group) is 1. The number of hydrogen-bond donors (Lipinski definition) is 0. The van der Waals surface area contributed by atoms with E-state index in [1.54, 1.807) is 0 Å². The Morgan fingerprint density at radius 2 is 2.13 bits per heavy atom. The van der Waals surface area contributed by atoms with Crippen LogP contribution in [-0.4, -0.2) is 48.8 Å². The van der Waals surface area contributed by atoms with Crippen LogP contribution in [0.2, 0.25) is 0 Å². The van der Waals surface area contributed by atoms with Gasteiger partial charge in [0.25, 0.3) is 0 Å². The Kier molecular flexibility index (Phi) is 2.83. The number of fused-ring (bicyclic) bond motifs is 1. The van der Waals surface area contributed by atoms with Crippen molar-refractivity contribution in [2.24, 2.45) is 0 Å². The zero-order valence-electron chi connectivity index (χ0n) is 9.60. The summed E-state index contributed by atoms with van der Waals surface area (Å²) in [6.45, 7) is 4.53. The van der Waals surface area contributed by atoms with Crippen molar-refractivity contribution in [1.29, 1.82) is 0 Å². The molecule has 0 radical (unpaired) electrons. The van der Waals surface area contributed by atoms with E-state index in [1.807, 2.05) is 20.9 Å². The van der Waals surface area contributed by atoms with Gasteiger partial charge in [-0.25, -0.2) is 0 Å². The highest BCUT2D eigenvalue weighted by Crippen LogP contribution is 2.32. The SMILES string of the molecule is CN1[C@H](C=O)CC[C@H]2OC(C)(C)OC[C@@H]21. The van der Waals surface area contributed by atoms with Crippen molar-refractivity contribution in [1.82, 2.24) is 4.90 Å². The van der Waals surface area contributed by atoms with Gasteiger partial charge in [0, 0.05) is 0 Å². The molecule has 4 heteroatoms. The normalized spacial score (nSPS) is 40.9. The van der Waals surface area contributed by atoms with Crippen LogP contribution < -0.4 is 0 Å². The van der Waals surface area contributed by atoms with Crippen LogP contribution in [0.5, 0.6) is 0 Å². The highest BCUT2D eigenvalue weighted by atomic mass is 16.7. The molecular weight excluding hydrogens is 194 g/mol. The molecule has 0 amide bonds. The van der Waals surface area contributed by atoms with Crippen molar-refractivity contribution >= 4 is 6.29 Å². The number of carbonyl (C=O) groups excluding carboxylic acids is 1. The molecule has 86 valence electrons. The standard InChI is InChI=1S/C11H19NO3/c1-11(2)14-7-9-10(15-11)5-4-8(6-13)12(9)3/h6,8-10H,4-5,7H2,1-3H3/t8-,9-,10+/m0/s1. The zero-order valence-corrected chi connectivity index (χ0v) is 9.60. The van der Waals surface area contributed by atoms with Gasteiger partial charge >= 0.3 is 0 Å². The highest BCUT2D eigenvalue weighted by Gasteiger charge is 2.42. The molecule has 2 saturated heterocycles. The third-order valence-corrected chi connectivity index (χ3v) is 3.42. The number of hydrogen-bond acceptors (Lipinski definition) is 4. The second-order valence-electron chi connectivity index (χ2n) is 4.88. The number of likely N-dealkylation sites (tertiary alicyclic amines) is 1. The van der Waals surface area contributed by atoms with Crippen molar-refractivity contribution in [3.63, 3.8) is 0 Å². The maximum Gasteiger partial charge on any atom is 0.163 e. The molecule has 3 atom stereocenters. The van der Waals surface area contributed by atoms with Crippen LogP contribution in [0.25, 0.3) is 0 Å². The van der Waals surface area contributed by atoms with E-state index in [0.29, 0.717) is 6.61 Å². The molecule has 0 aliphatic carbocycles. The van der Waals surface area contributed by atoms with Crippen LogP contribution in [0.3, 0.4) is 0 Å². The zero-order chi connectivity index (χ0) is 11.1. The monoisotopic (exact) mass is 213 g/mol. The van der Waals surface area contributed by atoms with Crippen molar-refractivity contribution in [2.75, 3.05) is 13.7 Å². The molecule has 0 saturated carbocycles. The molecule has 0 unspecified atom stereocenters. The lowest BCUT2D eigenvalue weighted by atomic mass is 9.93. The first-order valence-electron chi connectivity index (χ1n) is 5.52. The van der Waals surface area contributed by atoms with Gasteiger partial charge in [0.15, 0.2) is 5.79 Å².